The molecule has 1 N–H and O–H groups in total. The SMILES string of the molecule is Cc1ncc(-c2cccc(NC(=O)CN3C=NC4C3C(=O)N(Cc3ccon3)C(=O)N4C)n2)cc1C(F)(F)F. The summed E-state index contributed by atoms with van der Waals surface area (Å²) in [6, 6.07) is 5.49. The van der Waals surface area contributed by atoms with Crippen molar-refractivity contribution >= 4 is 30.0 Å². The minimum Gasteiger partial charge on any atom is -0.364 e. The molecule has 3 aromatic heterocycles. The van der Waals surface area contributed by atoms with Crippen LogP contribution in [0, 0.1) is 6.92 Å². The van der Waals surface area contributed by atoms with E-state index in [1.54, 1.807) is 0 Å². The quantitative estimate of drug-likeness (QED) is 0.502. The van der Waals surface area contributed by atoms with Gasteiger partial charge in [-0.05, 0) is 25.1 Å². The van der Waals surface area contributed by atoms with E-state index in [0.29, 0.717) is 5.69 Å². The number of likely N-dealkylation sites (N-methyl/N-ethyl adjacent to an activating group) is 1. The number of urea groups is 1. The van der Waals surface area contributed by atoms with Crippen molar-refractivity contribution in [3.8, 4) is 11.3 Å². The average Bonchev–Trinajstić information content (AvgIpc) is 3.55. The lowest BCUT2D eigenvalue weighted by atomic mass is 10.1. The Morgan fingerprint density at radius 2 is 2.00 bits per heavy atom. The lowest BCUT2D eigenvalue weighted by molar-refractivity contribution is -0.139. The number of hydrogen-bond acceptors (Lipinski definition) is 9. The van der Waals surface area contributed by atoms with Crippen molar-refractivity contribution in [3.63, 3.8) is 0 Å². The number of imide groups is 1. The summed E-state index contributed by atoms with van der Waals surface area (Å²) < 4.78 is 44.7. The number of carbonyl (C=O) groups is 3. The van der Waals surface area contributed by atoms with Gasteiger partial charge in [0.2, 0.25) is 5.91 Å². The molecule has 2 aliphatic heterocycles. The molecule has 0 saturated carbocycles. The van der Waals surface area contributed by atoms with Crippen LogP contribution < -0.4 is 5.32 Å². The Morgan fingerprint density at radius 3 is 2.72 bits per heavy atom. The fourth-order valence-electron chi connectivity index (χ4n) is 4.36. The van der Waals surface area contributed by atoms with Gasteiger partial charge in [0.25, 0.3) is 5.91 Å². The van der Waals surface area contributed by atoms with E-state index in [9.17, 15) is 27.6 Å². The number of nitrogens with zero attached hydrogens (tertiary/aromatic N) is 7. The van der Waals surface area contributed by atoms with Crippen molar-refractivity contribution in [3.05, 3.63) is 59.7 Å². The van der Waals surface area contributed by atoms with E-state index in [1.165, 1.54) is 66.8 Å². The maximum atomic E-state index is 13.3. The van der Waals surface area contributed by atoms with Crippen LogP contribution in [0.1, 0.15) is 17.0 Å². The molecule has 0 aliphatic carbocycles. The van der Waals surface area contributed by atoms with Crippen LogP contribution >= 0.6 is 0 Å². The summed E-state index contributed by atoms with van der Waals surface area (Å²) in [5.74, 6) is -1.02. The van der Waals surface area contributed by atoms with Gasteiger partial charge in [-0.2, -0.15) is 13.2 Å². The van der Waals surface area contributed by atoms with E-state index in [1.807, 2.05) is 0 Å². The maximum absolute atomic E-state index is 13.3. The third-order valence-corrected chi connectivity index (χ3v) is 6.30. The summed E-state index contributed by atoms with van der Waals surface area (Å²) in [6.07, 6.45) is -1.46. The number of amides is 4. The van der Waals surface area contributed by atoms with Gasteiger partial charge in [0.05, 0.1) is 30.7 Å². The fourth-order valence-corrected chi connectivity index (χ4v) is 4.36. The van der Waals surface area contributed by atoms with E-state index >= 15 is 0 Å². The first-order valence-electron chi connectivity index (χ1n) is 11.6. The Kier molecular flexibility index (Phi) is 6.49. The van der Waals surface area contributed by atoms with Crippen molar-refractivity contribution in [2.75, 3.05) is 18.9 Å². The normalized spacial score (nSPS) is 19.1. The number of hydrogen-bond donors (Lipinski definition) is 1. The zero-order valence-electron chi connectivity index (χ0n) is 20.6. The third-order valence-electron chi connectivity index (χ3n) is 6.30. The highest BCUT2D eigenvalue weighted by Gasteiger charge is 2.50. The first-order chi connectivity index (χ1) is 18.5. The minimum absolute atomic E-state index is 0.0919. The third kappa shape index (κ3) is 5.02. The molecule has 4 amide bonds. The predicted octanol–water partition coefficient (Wildman–Crippen LogP) is 2.53. The number of nitrogens with one attached hydrogen (secondary N) is 1. The lowest BCUT2D eigenvalue weighted by Gasteiger charge is -2.40. The molecular weight excluding hydrogens is 521 g/mol. The number of rotatable bonds is 6. The van der Waals surface area contributed by atoms with E-state index < -0.39 is 41.8 Å². The van der Waals surface area contributed by atoms with Crippen LogP contribution in [0.5, 0.6) is 0 Å². The highest BCUT2D eigenvalue weighted by molar-refractivity contribution is 6.03. The van der Waals surface area contributed by atoms with Crippen LogP contribution in [0.25, 0.3) is 11.3 Å². The predicted molar refractivity (Wildman–Crippen MR) is 129 cm³/mol. The number of aryl methyl sites for hydroxylation is 1. The van der Waals surface area contributed by atoms with Crippen molar-refractivity contribution in [2.45, 2.75) is 31.9 Å². The zero-order chi connectivity index (χ0) is 27.9. The summed E-state index contributed by atoms with van der Waals surface area (Å²) in [5, 5.41) is 6.33. The molecular formula is C24H21F3N8O4. The molecule has 0 spiro atoms. The largest absolute Gasteiger partial charge is 0.418 e. The first kappa shape index (κ1) is 25.8. The standard InChI is InChI=1S/C24H21F3N8O4/c1-13-16(24(25,26)27)8-14(9-28-13)17-4-3-5-18(30-17)31-19(36)11-34-12-29-21-20(34)22(37)35(23(38)33(21)2)10-15-6-7-39-32-15/h3-9,12,20-21H,10-11H2,1-2H3,(H,30,31,36). The van der Waals surface area contributed by atoms with E-state index in [-0.39, 0.29) is 35.9 Å². The summed E-state index contributed by atoms with van der Waals surface area (Å²) in [5.41, 5.74) is -0.349. The molecule has 5 rings (SSSR count). The molecule has 0 radical (unpaired) electrons. The summed E-state index contributed by atoms with van der Waals surface area (Å²) in [4.78, 5) is 54.9. The smallest absolute Gasteiger partial charge is 0.364 e. The average molecular weight is 542 g/mol. The second-order valence-corrected chi connectivity index (χ2v) is 8.91. The summed E-state index contributed by atoms with van der Waals surface area (Å²) >= 11 is 0. The van der Waals surface area contributed by atoms with Gasteiger partial charge >= 0.3 is 12.2 Å². The molecule has 0 bridgehead atoms. The Morgan fingerprint density at radius 1 is 1.21 bits per heavy atom. The Labute approximate surface area is 219 Å². The fraction of sp³-hybridized carbons (Fsp3) is 0.292. The van der Waals surface area contributed by atoms with Gasteiger partial charge in [0.1, 0.15) is 17.8 Å². The zero-order valence-corrected chi connectivity index (χ0v) is 20.6. The molecule has 2 unspecified atom stereocenters. The highest BCUT2D eigenvalue weighted by atomic mass is 19.4. The number of fused-ring (bicyclic) bond motifs is 1. The number of pyridine rings is 2. The van der Waals surface area contributed by atoms with Gasteiger partial charge in [-0.3, -0.25) is 19.5 Å². The van der Waals surface area contributed by atoms with Crippen molar-refractivity contribution < 1.29 is 32.1 Å². The number of alkyl halides is 3. The molecule has 12 nitrogen and oxygen atoms in total. The molecule has 2 atom stereocenters. The summed E-state index contributed by atoms with van der Waals surface area (Å²) in [7, 11) is 1.50. The Hall–Kier alpha value is -4.82. The van der Waals surface area contributed by atoms with Crippen LogP contribution in [-0.4, -0.2) is 79.8 Å². The van der Waals surface area contributed by atoms with Crippen LogP contribution in [0.3, 0.4) is 0 Å². The topological polar surface area (TPSA) is 137 Å². The molecule has 5 heterocycles. The van der Waals surface area contributed by atoms with Gasteiger partial charge < -0.3 is 19.6 Å². The van der Waals surface area contributed by atoms with Crippen LogP contribution in [0.4, 0.5) is 23.8 Å². The monoisotopic (exact) mass is 542 g/mol. The van der Waals surface area contributed by atoms with Gasteiger partial charge in [0.15, 0.2) is 12.2 Å². The van der Waals surface area contributed by atoms with Gasteiger partial charge in [0, 0.05) is 30.6 Å². The van der Waals surface area contributed by atoms with Crippen molar-refractivity contribution in [2.24, 2.45) is 4.99 Å². The van der Waals surface area contributed by atoms with Crippen molar-refractivity contribution in [1.29, 1.82) is 0 Å². The number of aliphatic imine (C=N–C) groups is 1. The van der Waals surface area contributed by atoms with E-state index in [0.717, 1.165) is 11.0 Å². The number of carbonyl (C=O) groups excluding carboxylic acids is 3. The second kappa shape index (κ2) is 9.81. The van der Waals surface area contributed by atoms with Crippen LogP contribution in [0.15, 0.2) is 52.3 Å². The first-order valence-corrected chi connectivity index (χ1v) is 11.6. The summed E-state index contributed by atoms with van der Waals surface area (Å²) in [6.45, 7) is 0.857. The molecule has 1 saturated heterocycles. The Bertz CT molecular complexity index is 1460. The minimum atomic E-state index is -4.58. The van der Waals surface area contributed by atoms with Crippen molar-refractivity contribution in [1.82, 2.24) is 29.8 Å². The van der Waals surface area contributed by atoms with E-state index in [4.69, 9.17) is 4.52 Å². The lowest BCUT2D eigenvalue weighted by Crippen LogP contribution is -2.64. The molecule has 1 fully saturated rings. The maximum Gasteiger partial charge on any atom is 0.418 e. The molecule has 2 aliphatic rings. The molecule has 39 heavy (non-hydrogen) atoms. The number of anilines is 1. The molecule has 3 aromatic rings. The Balaban J connectivity index is 1.29. The number of aromatic nitrogens is 3. The van der Waals surface area contributed by atoms with E-state index in [2.05, 4.69) is 25.4 Å². The number of halogens is 3. The van der Waals surface area contributed by atoms with Crippen LogP contribution in [0.2, 0.25) is 0 Å². The molecule has 15 heteroatoms. The van der Waals surface area contributed by atoms with Crippen LogP contribution in [-0.2, 0) is 22.3 Å². The molecule has 202 valence electrons. The van der Waals surface area contributed by atoms with Gasteiger partial charge in [-0.25, -0.2) is 14.8 Å². The van der Waals surface area contributed by atoms with Gasteiger partial charge in [-0.1, -0.05) is 11.2 Å². The second-order valence-electron chi connectivity index (χ2n) is 8.91. The highest BCUT2D eigenvalue weighted by Crippen LogP contribution is 2.33. The van der Waals surface area contributed by atoms with Gasteiger partial charge in [-0.15, -0.1) is 0 Å². The molecule has 0 aromatic carbocycles.